The van der Waals surface area contributed by atoms with Crippen molar-refractivity contribution in [3.8, 4) is 5.75 Å². The van der Waals surface area contributed by atoms with E-state index in [1.807, 2.05) is 12.1 Å². The highest BCUT2D eigenvalue weighted by molar-refractivity contribution is 9.11. The quantitative estimate of drug-likeness (QED) is 0.782. The second-order valence-corrected chi connectivity index (χ2v) is 6.63. The van der Waals surface area contributed by atoms with Gasteiger partial charge in [-0.05, 0) is 49.6 Å². The predicted molar refractivity (Wildman–Crippen MR) is 74.1 cm³/mol. The lowest BCUT2D eigenvalue weighted by atomic mass is 10.2. The van der Waals surface area contributed by atoms with Crippen molar-refractivity contribution >= 4 is 42.7 Å². The molecule has 1 aromatic rings. The minimum absolute atomic E-state index is 0.207. The van der Waals surface area contributed by atoms with E-state index in [9.17, 15) is 9.32 Å². The van der Waals surface area contributed by atoms with E-state index in [4.69, 9.17) is 0 Å². The van der Waals surface area contributed by atoms with E-state index in [1.54, 1.807) is 6.26 Å². The molecule has 0 aliphatic carbocycles. The van der Waals surface area contributed by atoms with Gasteiger partial charge in [0.05, 0.1) is 8.95 Å². The Morgan fingerprint density at radius 3 is 2.44 bits per heavy atom. The minimum Gasteiger partial charge on any atom is -0.506 e. The number of hydrogen-bond donors (Lipinski definition) is 2. The van der Waals surface area contributed by atoms with E-state index < -0.39 is 10.8 Å². The summed E-state index contributed by atoms with van der Waals surface area (Å²) in [6, 6.07) is 3.71. The van der Waals surface area contributed by atoms with Gasteiger partial charge in [-0.3, -0.25) is 4.21 Å². The van der Waals surface area contributed by atoms with Crippen molar-refractivity contribution in [2.45, 2.75) is 6.54 Å². The van der Waals surface area contributed by atoms with Gasteiger partial charge in [-0.1, -0.05) is 0 Å². The fourth-order valence-corrected chi connectivity index (χ4v) is 2.88. The number of halogens is 2. The topological polar surface area (TPSA) is 49.3 Å². The summed E-state index contributed by atoms with van der Waals surface area (Å²) in [4.78, 5) is 0. The Kier molecular flexibility index (Phi) is 5.96. The highest BCUT2D eigenvalue weighted by Gasteiger charge is 2.05. The lowest BCUT2D eigenvalue weighted by Gasteiger charge is -2.07. The lowest BCUT2D eigenvalue weighted by molar-refractivity contribution is 0.468. The van der Waals surface area contributed by atoms with Crippen LogP contribution in [0.15, 0.2) is 21.1 Å². The molecule has 0 fully saturated rings. The summed E-state index contributed by atoms with van der Waals surface area (Å²) in [5, 5.41) is 12.7. The third kappa shape index (κ3) is 4.53. The third-order valence-electron chi connectivity index (χ3n) is 1.97. The summed E-state index contributed by atoms with van der Waals surface area (Å²) < 4.78 is 12.2. The average molecular weight is 371 g/mol. The Labute approximate surface area is 114 Å². The zero-order valence-corrected chi connectivity index (χ0v) is 12.8. The van der Waals surface area contributed by atoms with E-state index in [-0.39, 0.29) is 5.75 Å². The minimum atomic E-state index is -0.757. The molecule has 0 radical (unpaired) electrons. The Hall–Kier alpha value is 0.0900. The first-order chi connectivity index (χ1) is 7.50. The zero-order valence-electron chi connectivity index (χ0n) is 8.80. The molecule has 0 bridgehead atoms. The van der Waals surface area contributed by atoms with E-state index in [0.717, 1.165) is 12.1 Å². The fraction of sp³-hybridized carbons (Fsp3) is 0.400. The summed E-state index contributed by atoms with van der Waals surface area (Å²) >= 11 is 6.55. The summed E-state index contributed by atoms with van der Waals surface area (Å²) in [5.74, 6) is 0.860. The van der Waals surface area contributed by atoms with E-state index in [2.05, 4.69) is 37.2 Å². The molecule has 0 heterocycles. The molecule has 0 saturated carbocycles. The molecule has 2 N–H and O–H groups in total. The molecule has 0 spiro atoms. The van der Waals surface area contributed by atoms with Crippen molar-refractivity contribution in [3.05, 3.63) is 26.6 Å². The Balaban J connectivity index is 2.52. The van der Waals surface area contributed by atoms with Crippen LogP contribution in [0.3, 0.4) is 0 Å². The Morgan fingerprint density at radius 2 is 1.94 bits per heavy atom. The van der Waals surface area contributed by atoms with E-state index in [0.29, 0.717) is 21.2 Å². The molecule has 90 valence electrons. The second-order valence-electron chi connectivity index (χ2n) is 3.36. The first-order valence-corrected chi connectivity index (χ1v) is 7.99. The van der Waals surface area contributed by atoms with Crippen LogP contribution in [0.5, 0.6) is 5.75 Å². The maximum Gasteiger partial charge on any atom is 0.143 e. The van der Waals surface area contributed by atoms with Gasteiger partial charge in [0, 0.05) is 35.9 Å². The number of phenols is 1. The molecular formula is C10H13Br2NO2S. The molecule has 3 nitrogen and oxygen atoms in total. The van der Waals surface area contributed by atoms with Gasteiger partial charge in [0.25, 0.3) is 0 Å². The summed E-state index contributed by atoms with van der Waals surface area (Å²) in [6.45, 7) is 1.41. The molecule has 0 aromatic heterocycles. The predicted octanol–water partition coefficient (Wildman–Crippen LogP) is 2.39. The molecule has 6 heteroatoms. The molecule has 0 aliphatic heterocycles. The van der Waals surface area contributed by atoms with Gasteiger partial charge in [0.1, 0.15) is 5.75 Å². The van der Waals surface area contributed by atoms with Gasteiger partial charge in [-0.25, -0.2) is 0 Å². The van der Waals surface area contributed by atoms with Crippen LogP contribution in [-0.4, -0.2) is 27.9 Å². The average Bonchev–Trinajstić information content (AvgIpc) is 2.20. The molecular weight excluding hydrogens is 358 g/mol. The van der Waals surface area contributed by atoms with Crippen molar-refractivity contribution in [1.29, 1.82) is 0 Å². The molecule has 1 unspecified atom stereocenters. The summed E-state index contributed by atoms with van der Waals surface area (Å²) in [6.07, 6.45) is 1.69. The van der Waals surface area contributed by atoms with E-state index >= 15 is 0 Å². The molecule has 1 aromatic carbocycles. The smallest absolute Gasteiger partial charge is 0.143 e. The first-order valence-electron chi connectivity index (χ1n) is 4.68. The van der Waals surface area contributed by atoms with Gasteiger partial charge in [-0.2, -0.15) is 0 Å². The molecule has 0 aliphatic rings. The van der Waals surface area contributed by atoms with Gasteiger partial charge in [-0.15, -0.1) is 0 Å². The number of nitrogens with one attached hydrogen (secondary N) is 1. The number of aromatic hydroxyl groups is 1. The maximum absolute atomic E-state index is 10.8. The number of benzene rings is 1. The first kappa shape index (κ1) is 14.2. The van der Waals surface area contributed by atoms with Crippen LogP contribution in [0.25, 0.3) is 0 Å². The van der Waals surface area contributed by atoms with Crippen molar-refractivity contribution in [1.82, 2.24) is 5.32 Å². The molecule has 1 rings (SSSR count). The van der Waals surface area contributed by atoms with Crippen LogP contribution in [-0.2, 0) is 17.3 Å². The zero-order chi connectivity index (χ0) is 12.1. The van der Waals surface area contributed by atoms with Gasteiger partial charge < -0.3 is 10.4 Å². The van der Waals surface area contributed by atoms with Crippen LogP contribution in [0, 0.1) is 0 Å². The van der Waals surface area contributed by atoms with Crippen molar-refractivity contribution in [3.63, 3.8) is 0 Å². The number of hydrogen-bond acceptors (Lipinski definition) is 3. The van der Waals surface area contributed by atoms with Crippen LogP contribution in [0.4, 0.5) is 0 Å². The maximum atomic E-state index is 10.8. The van der Waals surface area contributed by atoms with Crippen molar-refractivity contribution < 1.29 is 9.32 Å². The van der Waals surface area contributed by atoms with Crippen LogP contribution in [0.2, 0.25) is 0 Å². The van der Waals surface area contributed by atoms with Crippen molar-refractivity contribution in [2.75, 3.05) is 18.6 Å². The monoisotopic (exact) mass is 369 g/mol. The molecule has 0 saturated heterocycles. The lowest BCUT2D eigenvalue weighted by Crippen LogP contribution is -2.19. The fourth-order valence-electron chi connectivity index (χ4n) is 1.17. The number of phenolic OH excluding ortho intramolecular Hbond substituents is 1. The molecule has 16 heavy (non-hydrogen) atoms. The van der Waals surface area contributed by atoms with Crippen LogP contribution < -0.4 is 5.32 Å². The Morgan fingerprint density at radius 1 is 1.38 bits per heavy atom. The Bertz CT molecular complexity index is 375. The molecule has 1 atom stereocenters. The van der Waals surface area contributed by atoms with Gasteiger partial charge in [0.2, 0.25) is 0 Å². The van der Waals surface area contributed by atoms with Gasteiger partial charge >= 0.3 is 0 Å². The SMILES string of the molecule is CS(=O)CCNCc1cc(Br)c(O)c(Br)c1. The van der Waals surface area contributed by atoms with E-state index in [1.165, 1.54) is 0 Å². The van der Waals surface area contributed by atoms with Crippen LogP contribution in [0.1, 0.15) is 5.56 Å². The number of rotatable bonds is 5. The van der Waals surface area contributed by atoms with Crippen LogP contribution >= 0.6 is 31.9 Å². The summed E-state index contributed by atoms with van der Waals surface area (Å²) in [5.41, 5.74) is 1.05. The highest BCUT2D eigenvalue weighted by atomic mass is 79.9. The highest BCUT2D eigenvalue weighted by Crippen LogP contribution is 2.33. The van der Waals surface area contributed by atoms with Crippen molar-refractivity contribution in [2.24, 2.45) is 0 Å². The summed E-state index contributed by atoms with van der Waals surface area (Å²) in [7, 11) is -0.757. The van der Waals surface area contributed by atoms with Gasteiger partial charge in [0.15, 0.2) is 0 Å². The molecule has 0 amide bonds. The standard InChI is InChI=1S/C10H13Br2NO2S/c1-16(15)3-2-13-6-7-4-8(11)10(14)9(12)5-7/h4-5,13-14H,2-3,6H2,1H3. The second kappa shape index (κ2) is 6.74. The third-order valence-corrected chi connectivity index (χ3v) is 3.96. The normalized spacial score (nSPS) is 12.7. The largest absolute Gasteiger partial charge is 0.506 e.